The first-order valence-corrected chi connectivity index (χ1v) is 12.6. The molecule has 0 bridgehead atoms. The lowest BCUT2D eigenvalue weighted by Gasteiger charge is -2.27. The maximum Gasteiger partial charge on any atom is 0.323 e. The Hall–Kier alpha value is -4.86. The number of benzene rings is 3. The number of para-hydroxylation sites is 1. The molecule has 3 N–H and O–H groups in total. The van der Waals surface area contributed by atoms with Crippen molar-refractivity contribution in [2.45, 2.75) is 32.7 Å². The van der Waals surface area contributed by atoms with Crippen molar-refractivity contribution >= 4 is 40.9 Å². The molecule has 4 amide bonds. The van der Waals surface area contributed by atoms with E-state index in [1.165, 1.54) is 26.0 Å². The molecule has 40 heavy (non-hydrogen) atoms. The fourth-order valence-electron chi connectivity index (χ4n) is 4.06. The lowest BCUT2D eigenvalue weighted by Crippen LogP contribution is -2.31. The maximum atomic E-state index is 12.7. The Morgan fingerprint density at radius 2 is 1.55 bits per heavy atom. The molecule has 0 aromatic heterocycles. The number of nitrogens with one attached hydrogen (secondary N) is 3. The highest BCUT2D eigenvalue weighted by Gasteiger charge is 2.23. The molecule has 3 rings (SSSR count). The molecule has 0 radical (unpaired) electrons. The van der Waals surface area contributed by atoms with E-state index >= 15 is 0 Å². The van der Waals surface area contributed by atoms with E-state index in [0.29, 0.717) is 28.4 Å². The number of carbonyl (C=O) groups excluding carboxylic acids is 4. The zero-order valence-electron chi connectivity index (χ0n) is 23.2. The SMILES string of the molecule is COC(=O)CC(c1ccc(NC(=O)Cc2ccc(NC(=O)Nc3ccccc3C)c(OC)c2)cc1)N(C)C(C)=O. The van der Waals surface area contributed by atoms with Crippen LogP contribution in [0.25, 0.3) is 0 Å². The number of urea groups is 1. The first-order chi connectivity index (χ1) is 19.1. The first kappa shape index (κ1) is 29.7. The molecular formula is C30H34N4O6. The van der Waals surface area contributed by atoms with E-state index in [-0.39, 0.29) is 24.7 Å². The highest BCUT2D eigenvalue weighted by Crippen LogP contribution is 2.28. The van der Waals surface area contributed by atoms with Crippen LogP contribution in [0.4, 0.5) is 21.9 Å². The molecule has 10 nitrogen and oxygen atoms in total. The second-order valence-electron chi connectivity index (χ2n) is 9.20. The van der Waals surface area contributed by atoms with Crippen LogP contribution in [-0.2, 0) is 25.5 Å². The Morgan fingerprint density at radius 1 is 0.875 bits per heavy atom. The summed E-state index contributed by atoms with van der Waals surface area (Å²) < 4.78 is 10.2. The maximum absolute atomic E-state index is 12.7. The number of esters is 1. The minimum atomic E-state index is -0.493. The number of hydrogen-bond acceptors (Lipinski definition) is 6. The molecule has 3 aromatic carbocycles. The summed E-state index contributed by atoms with van der Waals surface area (Å²) in [5, 5.41) is 8.43. The molecule has 1 atom stereocenters. The van der Waals surface area contributed by atoms with Crippen LogP contribution < -0.4 is 20.7 Å². The number of carbonyl (C=O) groups is 4. The lowest BCUT2D eigenvalue weighted by atomic mass is 10.0. The van der Waals surface area contributed by atoms with Gasteiger partial charge >= 0.3 is 12.0 Å². The van der Waals surface area contributed by atoms with Crippen LogP contribution >= 0.6 is 0 Å². The van der Waals surface area contributed by atoms with Crippen molar-refractivity contribution in [3.05, 3.63) is 83.4 Å². The fourth-order valence-corrected chi connectivity index (χ4v) is 4.06. The zero-order chi connectivity index (χ0) is 29.2. The molecule has 0 aliphatic rings. The molecule has 0 saturated carbocycles. The first-order valence-electron chi connectivity index (χ1n) is 12.6. The van der Waals surface area contributed by atoms with Gasteiger partial charge in [-0.15, -0.1) is 0 Å². The second-order valence-corrected chi connectivity index (χ2v) is 9.20. The third-order valence-corrected chi connectivity index (χ3v) is 6.40. The summed E-state index contributed by atoms with van der Waals surface area (Å²) in [6.45, 7) is 3.33. The van der Waals surface area contributed by atoms with Gasteiger partial charge in [0.15, 0.2) is 0 Å². The van der Waals surface area contributed by atoms with Gasteiger partial charge in [-0.05, 0) is 53.9 Å². The van der Waals surface area contributed by atoms with Crippen molar-refractivity contribution in [2.75, 3.05) is 37.2 Å². The van der Waals surface area contributed by atoms with Crippen molar-refractivity contribution in [2.24, 2.45) is 0 Å². The van der Waals surface area contributed by atoms with E-state index in [2.05, 4.69) is 16.0 Å². The van der Waals surface area contributed by atoms with Gasteiger partial charge < -0.3 is 30.3 Å². The van der Waals surface area contributed by atoms with Crippen LogP contribution in [0, 0.1) is 6.92 Å². The molecule has 3 aromatic rings. The summed E-state index contributed by atoms with van der Waals surface area (Å²) in [7, 11) is 4.41. The summed E-state index contributed by atoms with van der Waals surface area (Å²) in [6, 6.07) is 18.6. The smallest absolute Gasteiger partial charge is 0.323 e. The van der Waals surface area contributed by atoms with E-state index in [9.17, 15) is 19.2 Å². The topological polar surface area (TPSA) is 126 Å². The van der Waals surface area contributed by atoms with Crippen LogP contribution in [0.5, 0.6) is 5.75 Å². The highest BCUT2D eigenvalue weighted by atomic mass is 16.5. The predicted octanol–water partition coefficient (Wildman–Crippen LogP) is 4.91. The largest absolute Gasteiger partial charge is 0.495 e. The van der Waals surface area contributed by atoms with Crippen LogP contribution in [0.1, 0.15) is 36.1 Å². The van der Waals surface area contributed by atoms with Crippen LogP contribution in [0.3, 0.4) is 0 Å². The third-order valence-electron chi connectivity index (χ3n) is 6.40. The molecule has 0 spiro atoms. The minimum Gasteiger partial charge on any atom is -0.495 e. The standard InChI is InChI=1S/C30H34N4O6/c1-19-8-6-7-9-24(19)32-30(38)33-25-15-10-21(16-27(25)39-4)17-28(36)31-23-13-11-22(12-14-23)26(18-29(37)40-5)34(3)20(2)35/h6-16,26H,17-18H2,1-5H3,(H,31,36)(H2,32,33,38). The van der Waals surface area contributed by atoms with Crippen molar-refractivity contribution < 1.29 is 28.7 Å². The molecule has 1 unspecified atom stereocenters. The van der Waals surface area contributed by atoms with Crippen molar-refractivity contribution in [1.29, 1.82) is 0 Å². The molecule has 210 valence electrons. The summed E-state index contributed by atoms with van der Waals surface area (Å²) >= 11 is 0. The molecular weight excluding hydrogens is 512 g/mol. The molecule has 0 aliphatic heterocycles. The molecule has 0 saturated heterocycles. The normalized spacial score (nSPS) is 11.1. The van der Waals surface area contributed by atoms with Crippen molar-refractivity contribution in [3.63, 3.8) is 0 Å². The molecule has 0 heterocycles. The Labute approximate surface area is 233 Å². The minimum absolute atomic E-state index is 0.0124. The van der Waals surface area contributed by atoms with Crippen LogP contribution in [-0.4, -0.2) is 50.0 Å². The van der Waals surface area contributed by atoms with E-state index in [4.69, 9.17) is 9.47 Å². The number of amides is 4. The van der Waals surface area contributed by atoms with Gasteiger partial charge in [0.05, 0.1) is 38.8 Å². The van der Waals surface area contributed by atoms with E-state index in [0.717, 1.165) is 11.1 Å². The zero-order valence-corrected chi connectivity index (χ0v) is 23.2. The number of nitrogens with zero attached hydrogens (tertiary/aromatic N) is 1. The number of ether oxygens (including phenoxy) is 2. The Bertz CT molecular complexity index is 1370. The summed E-state index contributed by atoms with van der Waals surface area (Å²) in [4.78, 5) is 50.5. The highest BCUT2D eigenvalue weighted by molar-refractivity contribution is 6.01. The number of hydrogen-bond donors (Lipinski definition) is 3. The average Bonchev–Trinajstić information content (AvgIpc) is 2.93. The predicted molar refractivity (Wildman–Crippen MR) is 153 cm³/mol. The Balaban J connectivity index is 1.63. The number of rotatable bonds is 10. The molecule has 0 fully saturated rings. The Morgan fingerprint density at radius 3 is 2.17 bits per heavy atom. The quantitative estimate of drug-likeness (QED) is 0.310. The number of methoxy groups -OCH3 is 2. The average molecular weight is 547 g/mol. The summed E-state index contributed by atoms with van der Waals surface area (Å²) in [5.41, 5.74) is 4.09. The summed E-state index contributed by atoms with van der Waals surface area (Å²) in [5.74, 6) is -0.450. The van der Waals surface area contributed by atoms with Crippen LogP contribution in [0.2, 0.25) is 0 Å². The van der Waals surface area contributed by atoms with Gasteiger partial charge in [0, 0.05) is 25.3 Å². The second kappa shape index (κ2) is 13.8. The molecule has 0 aliphatic carbocycles. The monoisotopic (exact) mass is 546 g/mol. The van der Waals surface area contributed by atoms with Gasteiger partial charge in [0.1, 0.15) is 5.75 Å². The Kier molecular flexibility index (Phi) is 10.2. The fraction of sp³-hybridized carbons (Fsp3) is 0.267. The van der Waals surface area contributed by atoms with Crippen molar-refractivity contribution in [3.8, 4) is 5.75 Å². The van der Waals surface area contributed by atoms with Gasteiger partial charge in [-0.25, -0.2) is 4.79 Å². The van der Waals surface area contributed by atoms with Gasteiger partial charge in [0.25, 0.3) is 0 Å². The van der Waals surface area contributed by atoms with E-state index in [1.54, 1.807) is 49.5 Å². The van der Waals surface area contributed by atoms with Crippen LogP contribution in [0.15, 0.2) is 66.7 Å². The van der Waals surface area contributed by atoms with Gasteiger partial charge in [-0.3, -0.25) is 14.4 Å². The van der Waals surface area contributed by atoms with Gasteiger partial charge in [0.2, 0.25) is 11.8 Å². The van der Waals surface area contributed by atoms with Gasteiger partial charge in [-0.2, -0.15) is 0 Å². The van der Waals surface area contributed by atoms with Gasteiger partial charge in [-0.1, -0.05) is 36.4 Å². The summed E-state index contributed by atoms with van der Waals surface area (Å²) in [6.07, 6.45) is 0.0877. The van der Waals surface area contributed by atoms with E-state index < -0.39 is 18.0 Å². The number of anilines is 3. The number of aryl methyl sites for hydroxylation is 1. The molecule has 10 heteroatoms. The lowest BCUT2D eigenvalue weighted by molar-refractivity contribution is -0.143. The van der Waals surface area contributed by atoms with Crippen molar-refractivity contribution in [1.82, 2.24) is 4.90 Å². The third kappa shape index (κ3) is 8.07. The van der Waals surface area contributed by atoms with E-state index in [1.807, 2.05) is 31.2 Å².